The number of rotatable bonds is 4. The number of carbonyl (C=O) groups excluding carboxylic acids is 1. The fraction of sp³-hybridized carbons (Fsp3) is 0.318. The van der Waals surface area contributed by atoms with Crippen LogP contribution in [-0.4, -0.2) is 46.2 Å². The third-order valence-corrected chi connectivity index (χ3v) is 5.34. The van der Waals surface area contributed by atoms with Gasteiger partial charge in [0, 0.05) is 36.5 Å². The van der Waals surface area contributed by atoms with E-state index in [0.29, 0.717) is 18.0 Å². The van der Waals surface area contributed by atoms with E-state index in [1.54, 1.807) is 18.3 Å². The molecule has 2 aromatic heterocycles. The van der Waals surface area contributed by atoms with E-state index >= 15 is 0 Å². The van der Waals surface area contributed by atoms with Gasteiger partial charge in [-0.2, -0.15) is 5.10 Å². The lowest BCUT2D eigenvalue weighted by atomic mass is 9.90. The average molecular weight is 376 g/mol. The van der Waals surface area contributed by atoms with E-state index in [9.17, 15) is 4.79 Å². The van der Waals surface area contributed by atoms with Crippen LogP contribution in [0.5, 0.6) is 5.88 Å². The summed E-state index contributed by atoms with van der Waals surface area (Å²) in [6.45, 7) is 3.47. The Labute approximate surface area is 164 Å². The lowest BCUT2D eigenvalue weighted by Gasteiger charge is -2.33. The quantitative estimate of drug-likeness (QED) is 0.752. The van der Waals surface area contributed by atoms with Crippen LogP contribution in [0.1, 0.15) is 40.4 Å². The monoisotopic (exact) mass is 376 g/mol. The Morgan fingerprint density at radius 3 is 2.86 bits per heavy atom. The number of H-pyrrole nitrogens is 1. The summed E-state index contributed by atoms with van der Waals surface area (Å²) in [7, 11) is 1.54. The van der Waals surface area contributed by atoms with Crippen molar-refractivity contribution in [1.82, 2.24) is 20.1 Å². The van der Waals surface area contributed by atoms with Crippen LogP contribution in [0.4, 0.5) is 0 Å². The van der Waals surface area contributed by atoms with Crippen LogP contribution < -0.4 is 4.74 Å². The van der Waals surface area contributed by atoms with Crippen LogP contribution in [0.2, 0.25) is 0 Å². The standard InChI is InChI=1S/C22H24N4O2/c1-15-7-9-16(10-8-15)19-13-24-25-20(19)17-5-4-12-26(14-17)22(27)18-6-3-11-23-21(18)28-2/h3,6-11,13,17H,4-5,12,14H2,1-2H3,(H,24,25)/t17-/m0/s1. The van der Waals surface area contributed by atoms with Crippen LogP contribution in [0.15, 0.2) is 48.8 Å². The van der Waals surface area contributed by atoms with Crippen molar-refractivity contribution < 1.29 is 9.53 Å². The molecule has 0 spiro atoms. The number of piperidine rings is 1. The van der Waals surface area contributed by atoms with Crippen molar-refractivity contribution in [2.45, 2.75) is 25.7 Å². The number of nitrogens with one attached hydrogen (secondary N) is 1. The summed E-state index contributed by atoms with van der Waals surface area (Å²) in [6, 6.07) is 12.0. The summed E-state index contributed by atoms with van der Waals surface area (Å²) in [5, 5.41) is 7.48. The second kappa shape index (κ2) is 7.84. The van der Waals surface area contributed by atoms with Crippen LogP contribution in [0, 0.1) is 6.92 Å². The predicted molar refractivity (Wildman–Crippen MR) is 107 cm³/mol. The van der Waals surface area contributed by atoms with Gasteiger partial charge < -0.3 is 9.64 Å². The molecule has 6 nitrogen and oxygen atoms in total. The first-order valence-electron chi connectivity index (χ1n) is 9.56. The van der Waals surface area contributed by atoms with Crippen molar-refractivity contribution in [2.24, 2.45) is 0 Å². The van der Waals surface area contributed by atoms with Crippen LogP contribution in [-0.2, 0) is 0 Å². The molecule has 1 amide bonds. The lowest BCUT2D eigenvalue weighted by Crippen LogP contribution is -2.39. The van der Waals surface area contributed by atoms with Crippen molar-refractivity contribution in [3.05, 3.63) is 65.6 Å². The first-order chi connectivity index (χ1) is 13.7. The molecule has 4 rings (SSSR count). The molecule has 0 aliphatic carbocycles. The van der Waals surface area contributed by atoms with Crippen LogP contribution in [0.25, 0.3) is 11.1 Å². The fourth-order valence-electron chi connectivity index (χ4n) is 3.85. The highest BCUT2D eigenvalue weighted by Crippen LogP contribution is 2.34. The summed E-state index contributed by atoms with van der Waals surface area (Å²) in [4.78, 5) is 19.1. The molecule has 1 saturated heterocycles. The Morgan fingerprint density at radius 2 is 2.07 bits per heavy atom. The molecule has 6 heteroatoms. The van der Waals surface area contributed by atoms with Gasteiger partial charge in [-0.25, -0.2) is 4.98 Å². The SMILES string of the molecule is COc1ncccc1C(=O)N1CCC[C@H](c2[nH]ncc2-c2ccc(C)cc2)C1. The maximum Gasteiger partial charge on any atom is 0.259 e. The highest BCUT2D eigenvalue weighted by atomic mass is 16.5. The third-order valence-electron chi connectivity index (χ3n) is 5.34. The number of benzene rings is 1. The Hall–Kier alpha value is -3.15. The number of aromatic nitrogens is 3. The summed E-state index contributed by atoms with van der Waals surface area (Å²) in [6.07, 6.45) is 5.48. The van der Waals surface area contributed by atoms with Crippen molar-refractivity contribution >= 4 is 5.91 Å². The Bertz CT molecular complexity index is 965. The highest BCUT2D eigenvalue weighted by molar-refractivity contribution is 5.96. The normalized spacial score (nSPS) is 16.8. The minimum Gasteiger partial charge on any atom is -0.480 e. The number of pyridine rings is 1. The first kappa shape index (κ1) is 18.2. The van der Waals surface area contributed by atoms with Crippen LogP contribution in [0.3, 0.4) is 0 Å². The zero-order valence-electron chi connectivity index (χ0n) is 16.2. The molecule has 0 bridgehead atoms. The smallest absolute Gasteiger partial charge is 0.259 e. The van der Waals surface area contributed by atoms with E-state index in [-0.39, 0.29) is 11.8 Å². The fourth-order valence-corrected chi connectivity index (χ4v) is 3.85. The molecule has 0 saturated carbocycles. The Morgan fingerprint density at radius 1 is 1.25 bits per heavy atom. The molecule has 1 aliphatic heterocycles. The van der Waals surface area contributed by atoms with E-state index in [1.165, 1.54) is 12.7 Å². The van der Waals surface area contributed by atoms with Crippen LogP contribution >= 0.6 is 0 Å². The molecule has 0 unspecified atom stereocenters. The number of hydrogen-bond donors (Lipinski definition) is 1. The van der Waals surface area contributed by atoms with E-state index in [2.05, 4.69) is 46.4 Å². The van der Waals surface area contributed by atoms with Crippen molar-refractivity contribution in [1.29, 1.82) is 0 Å². The van der Waals surface area contributed by atoms with Gasteiger partial charge in [-0.1, -0.05) is 29.8 Å². The minimum absolute atomic E-state index is 0.0361. The second-order valence-electron chi connectivity index (χ2n) is 7.21. The number of carbonyl (C=O) groups is 1. The largest absolute Gasteiger partial charge is 0.480 e. The average Bonchev–Trinajstić information content (AvgIpc) is 3.24. The van der Waals surface area contributed by atoms with Gasteiger partial charge in [-0.15, -0.1) is 0 Å². The maximum atomic E-state index is 13.1. The molecule has 0 radical (unpaired) electrons. The number of aromatic amines is 1. The number of hydrogen-bond acceptors (Lipinski definition) is 4. The van der Waals surface area contributed by atoms with Gasteiger partial charge in [0.05, 0.1) is 13.3 Å². The molecule has 3 heterocycles. The summed E-state index contributed by atoms with van der Waals surface area (Å²) < 4.78 is 5.27. The van der Waals surface area contributed by atoms with Gasteiger partial charge in [0.25, 0.3) is 5.91 Å². The Balaban J connectivity index is 1.57. The molecule has 1 fully saturated rings. The topological polar surface area (TPSA) is 71.1 Å². The highest BCUT2D eigenvalue weighted by Gasteiger charge is 2.29. The third kappa shape index (κ3) is 3.50. The lowest BCUT2D eigenvalue weighted by molar-refractivity contribution is 0.0701. The van der Waals surface area contributed by atoms with E-state index < -0.39 is 0 Å². The predicted octanol–water partition coefficient (Wildman–Crippen LogP) is 3.81. The number of amides is 1. The molecule has 1 atom stereocenters. The minimum atomic E-state index is -0.0361. The van der Waals surface area contributed by atoms with Gasteiger partial charge >= 0.3 is 0 Å². The number of likely N-dealkylation sites (tertiary alicyclic amines) is 1. The number of aryl methyl sites for hydroxylation is 1. The van der Waals surface area contributed by atoms with Gasteiger partial charge in [0.15, 0.2) is 0 Å². The second-order valence-corrected chi connectivity index (χ2v) is 7.21. The number of ether oxygens (including phenoxy) is 1. The molecule has 1 aromatic carbocycles. The number of methoxy groups -OCH3 is 1. The van der Waals surface area contributed by atoms with Gasteiger partial charge in [0.2, 0.25) is 5.88 Å². The molecular weight excluding hydrogens is 352 g/mol. The maximum absolute atomic E-state index is 13.1. The van der Waals surface area contributed by atoms with Crippen molar-refractivity contribution in [3.63, 3.8) is 0 Å². The van der Waals surface area contributed by atoms with Gasteiger partial charge in [0.1, 0.15) is 5.56 Å². The molecule has 144 valence electrons. The molecule has 1 N–H and O–H groups in total. The van der Waals surface area contributed by atoms with Gasteiger partial charge in [-0.05, 0) is 37.5 Å². The van der Waals surface area contributed by atoms with Crippen molar-refractivity contribution in [2.75, 3.05) is 20.2 Å². The summed E-state index contributed by atoms with van der Waals surface area (Å²) in [5.74, 6) is 0.557. The van der Waals surface area contributed by atoms with E-state index in [4.69, 9.17) is 4.74 Å². The zero-order chi connectivity index (χ0) is 19.5. The summed E-state index contributed by atoms with van der Waals surface area (Å²) >= 11 is 0. The first-order valence-corrected chi connectivity index (χ1v) is 9.56. The van der Waals surface area contributed by atoms with E-state index in [1.807, 2.05) is 11.1 Å². The van der Waals surface area contributed by atoms with Crippen molar-refractivity contribution in [3.8, 4) is 17.0 Å². The zero-order valence-corrected chi connectivity index (χ0v) is 16.2. The number of nitrogens with zero attached hydrogens (tertiary/aromatic N) is 3. The molecule has 3 aromatic rings. The van der Waals surface area contributed by atoms with Gasteiger partial charge in [-0.3, -0.25) is 9.89 Å². The molecule has 1 aliphatic rings. The van der Waals surface area contributed by atoms with E-state index in [0.717, 1.165) is 36.2 Å². The Kier molecular flexibility index (Phi) is 5.10. The summed E-state index contributed by atoms with van der Waals surface area (Å²) in [5.41, 5.74) is 5.09. The molecule has 28 heavy (non-hydrogen) atoms. The molecular formula is C22H24N4O2.